The molecule has 320 valence electrons. The van der Waals surface area contributed by atoms with Crippen LogP contribution in [0.1, 0.15) is 56.9 Å². The fourth-order valence-electron chi connectivity index (χ4n) is 7.40. The molecule has 1 fully saturated rings. The van der Waals surface area contributed by atoms with E-state index < -0.39 is 12.0 Å². The summed E-state index contributed by atoms with van der Waals surface area (Å²) in [6.07, 6.45) is 0.193. The summed E-state index contributed by atoms with van der Waals surface area (Å²) in [5.74, 6) is 1.23. The molecule has 0 saturated carbocycles. The standard InChI is InChI=1S/C45H44Cl2N8O5S2/c1-27-28(2)62-45-41(27)42(31-9-11-32(46)12-10-31)50-37(43-52-51-29(3)55(43)45)23-39(57)54-17-15-53(16-18-54)19-20-59-34-13-14-35(36(47)22-34)44-49-33(26-61-44)21-38(56)48-24-40(58)60-25-30-7-5-4-6-8-30/h4-14,22,26,37H,15-21,23-25H2,1-3H3,(H,48,56)/t37-/m0/s1. The Labute approximate surface area is 377 Å². The van der Waals surface area contributed by atoms with Gasteiger partial charge in [-0.3, -0.25) is 28.8 Å². The molecule has 2 aliphatic rings. The lowest BCUT2D eigenvalue weighted by molar-refractivity contribution is -0.145. The lowest BCUT2D eigenvalue weighted by atomic mass is 9.99. The second kappa shape index (κ2) is 19.3. The first-order chi connectivity index (χ1) is 30.0. The number of halogens is 2. The zero-order valence-electron chi connectivity index (χ0n) is 34.4. The van der Waals surface area contributed by atoms with Gasteiger partial charge in [-0.15, -0.1) is 32.9 Å². The number of aliphatic imine (C=N–C) groups is 1. The maximum Gasteiger partial charge on any atom is 0.325 e. The first-order valence-corrected chi connectivity index (χ1v) is 22.7. The van der Waals surface area contributed by atoms with Crippen LogP contribution in [0.3, 0.4) is 0 Å². The molecule has 3 aromatic heterocycles. The Hall–Kier alpha value is -5.45. The van der Waals surface area contributed by atoms with Crippen molar-refractivity contribution in [3.8, 4) is 21.3 Å². The monoisotopic (exact) mass is 910 g/mol. The number of benzene rings is 3. The molecule has 62 heavy (non-hydrogen) atoms. The second-order valence-electron chi connectivity index (χ2n) is 15.1. The van der Waals surface area contributed by atoms with E-state index in [-0.39, 0.29) is 37.8 Å². The third-order valence-electron chi connectivity index (χ3n) is 10.9. The number of thiazole rings is 1. The molecule has 2 aliphatic heterocycles. The summed E-state index contributed by atoms with van der Waals surface area (Å²) in [6, 6.07) is 22.0. The minimum atomic E-state index is -0.517. The van der Waals surface area contributed by atoms with E-state index in [1.54, 1.807) is 22.8 Å². The molecule has 5 heterocycles. The molecular formula is C45H44Cl2N8O5S2. The summed E-state index contributed by atoms with van der Waals surface area (Å²) in [7, 11) is 0. The van der Waals surface area contributed by atoms with Crippen LogP contribution in [-0.2, 0) is 32.1 Å². The smallest absolute Gasteiger partial charge is 0.325 e. The zero-order valence-corrected chi connectivity index (χ0v) is 37.5. The highest BCUT2D eigenvalue weighted by Gasteiger charge is 2.34. The van der Waals surface area contributed by atoms with Gasteiger partial charge in [0.05, 0.1) is 29.3 Å². The number of carbonyl (C=O) groups excluding carboxylic acids is 3. The molecule has 13 nitrogen and oxygen atoms in total. The van der Waals surface area contributed by atoms with Crippen LogP contribution >= 0.6 is 45.9 Å². The number of hydrogen-bond acceptors (Lipinski definition) is 12. The molecule has 8 rings (SSSR count). The van der Waals surface area contributed by atoms with Gasteiger partial charge >= 0.3 is 5.97 Å². The van der Waals surface area contributed by atoms with Crippen molar-refractivity contribution < 1.29 is 23.9 Å². The Bertz CT molecular complexity index is 2620. The van der Waals surface area contributed by atoms with E-state index in [1.807, 2.05) is 78.6 Å². The molecule has 1 saturated heterocycles. The van der Waals surface area contributed by atoms with Crippen LogP contribution in [0.5, 0.6) is 5.75 Å². The molecule has 0 aliphatic carbocycles. The van der Waals surface area contributed by atoms with Crippen LogP contribution in [0, 0.1) is 20.8 Å². The van der Waals surface area contributed by atoms with Gasteiger partial charge < -0.3 is 19.7 Å². The van der Waals surface area contributed by atoms with Gasteiger partial charge in [0.2, 0.25) is 11.8 Å². The number of ether oxygens (including phenoxy) is 2. The first-order valence-electron chi connectivity index (χ1n) is 20.2. The van der Waals surface area contributed by atoms with Crippen LogP contribution in [0.25, 0.3) is 15.6 Å². The summed E-state index contributed by atoms with van der Waals surface area (Å²) >= 11 is 16.0. The number of aryl methyl sites for hydroxylation is 2. The Morgan fingerprint density at radius 1 is 0.935 bits per heavy atom. The van der Waals surface area contributed by atoms with E-state index >= 15 is 0 Å². The fourth-order valence-corrected chi connectivity index (χ4v) is 9.91. The van der Waals surface area contributed by atoms with Crippen molar-refractivity contribution in [1.82, 2.24) is 34.9 Å². The molecule has 0 spiro atoms. The van der Waals surface area contributed by atoms with Gasteiger partial charge in [-0.1, -0.05) is 65.7 Å². The summed E-state index contributed by atoms with van der Waals surface area (Å²) in [5, 5.41) is 16.2. The lowest BCUT2D eigenvalue weighted by Crippen LogP contribution is -2.49. The van der Waals surface area contributed by atoms with Gasteiger partial charge in [0.25, 0.3) is 0 Å². The summed E-state index contributed by atoms with van der Waals surface area (Å²) < 4.78 is 13.4. The van der Waals surface area contributed by atoms with E-state index in [0.717, 1.165) is 44.4 Å². The van der Waals surface area contributed by atoms with Crippen molar-refractivity contribution in [3.63, 3.8) is 0 Å². The maximum absolute atomic E-state index is 13.9. The average Bonchev–Trinajstić information content (AvgIpc) is 3.95. The minimum Gasteiger partial charge on any atom is -0.492 e. The highest BCUT2D eigenvalue weighted by Crippen LogP contribution is 2.40. The van der Waals surface area contributed by atoms with E-state index in [0.29, 0.717) is 71.7 Å². The Morgan fingerprint density at radius 2 is 1.71 bits per heavy atom. The number of rotatable bonds is 14. The highest BCUT2D eigenvalue weighted by molar-refractivity contribution is 7.15. The minimum absolute atomic E-state index is 0.0183. The molecule has 0 unspecified atom stereocenters. The lowest BCUT2D eigenvalue weighted by Gasteiger charge is -2.35. The van der Waals surface area contributed by atoms with Crippen molar-refractivity contribution in [2.24, 2.45) is 4.99 Å². The number of carbonyl (C=O) groups is 3. The van der Waals surface area contributed by atoms with Crippen molar-refractivity contribution >= 4 is 69.4 Å². The largest absolute Gasteiger partial charge is 0.492 e. The van der Waals surface area contributed by atoms with E-state index in [1.165, 1.54) is 16.2 Å². The van der Waals surface area contributed by atoms with Gasteiger partial charge in [0, 0.05) is 64.7 Å². The van der Waals surface area contributed by atoms with Crippen LogP contribution in [0.4, 0.5) is 0 Å². The predicted molar refractivity (Wildman–Crippen MR) is 242 cm³/mol. The average molecular weight is 912 g/mol. The number of piperazine rings is 1. The van der Waals surface area contributed by atoms with Crippen LogP contribution in [0.15, 0.2) is 83.2 Å². The number of nitrogens with zero attached hydrogens (tertiary/aromatic N) is 7. The molecule has 6 aromatic rings. The molecular weight excluding hydrogens is 868 g/mol. The van der Waals surface area contributed by atoms with Crippen LogP contribution < -0.4 is 10.1 Å². The zero-order chi connectivity index (χ0) is 43.3. The number of amides is 2. The first kappa shape index (κ1) is 43.2. The third-order valence-corrected chi connectivity index (χ3v) is 13.5. The van der Waals surface area contributed by atoms with Gasteiger partial charge in [0.1, 0.15) is 47.4 Å². The number of nitrogens with one attached hydrogen (secondary N) is 1. The van der Waals surface area contributed by atoms with Gasteiger partial charge in [-0.05, 0) is 62.2 Å². The molecule has 3 aromatic carbocycles. The Balaban J connectivity index is 0.809. The number of hydrogen-bond donors (Lipinski definition) is 1. The van der Waals surface area contributed by atoms with Crippen LogP contribution in [0.2, 0.25) is 10.0 Å². The number of esters is 1. The highest BCUT2D eigenvalue weighted by atomic mass is 35.5. The van der Waals surface area contributed by atoms with Crippen molar-refractivity contribution in [2.75, 3.05) is 45.9 Å². The molecule has 2 amide bonds. The molecule has 0 radical (unpaired) electrons. The molecule has 17 heteroatoms. The number of aromatic nitrogens is 4. The van der Waals surface area contributed by atoms with Gasteiger partial charge in [0.15, 0.2) is 5.82 Å². The van der Waals surface area contributed by atoms with Crippen molar-refractivity contribution in [2.45, 2.75) is 46.3 Å². The van der Waals surface area contributed by atoms with E-state index in [4.69, 9.17) is 37.7 Å². The summed E-state index contributed by atoms with van der Waals surface area (Å²) in [6.45, 7) is 9.83. The quantitative estimate of drug-likeness (QED) is 0.109. The normalized spacial score (nSPS) is 15.0. The number of thiophene rings is 1. The SMILES string of the molecule is Cc1sc2c(c1C)C(c1ccc(Cl)cc1)=N[C@@H](CC(=O)N1CCN(CCOc3ccc(-c4nc(CC(=O)NCC(=O)OCc5ccccc5)cs4)c(Cl)c3)CC1)c1nnc(C)n1-2. The fraction of sp³-hybridized carbons (Fsp3) is 0.311. The molecule has 1 atom stereocenters. The summed E-state index contributed by atoms with van der Waals surface area (Å²) in [4.78, 5) is 53.8. The molecule has 0 bridgehead atoms. The van der Waals surface area contributed by atoms with Crippen molar-refractivity contribution in [1.29, 1.82) is 0 Å². The number of fused-ring (bicyclic) bond motifs is 3. The topological polar surface area (TPSA) is 144 Å². The second-order valence-corrected chi connectivity index (χ2v) is 18.0. The van der Waals surface area contributed by atoms with Gasteiger partial charge in [-0.25, -0.2) is 4.98 Å². The molecule has 1 N–H and O–H groups in total. The van der Waals surface area contributed by atoms with Crippen molar-refractivity contribution in [3.05, 3.63) is 133 Å². The van der Waals surface area contributed by atoms with E-state index in [2.05, 4.69) is 43.8 Å². The Morgan fingerprint density at radius 3 is 2.47 bits per heavy atom. The van der Waals surface area contributed by atoms with Gasteiger partial charge in [-0.2, -0.15) is 0 Å². The maximum atomic E-state index is 13.9. The predicted octanol–water partition coefficient (Wildman–Crippen LogP) is 7.59. The summed E-state index contributed by atoms with van der Waals surface area (Å²) in [5.41, 5.74) is 6.12. The van der Waals surface area contributed by atoms with Crippen LogP contribution in [-0.4, -0.2) is 98.9 Å². The third kappa shape index (κ3) is 9.92. The Kier molecular flexibility index (Phi) is 13.4. The van der Waals surface area contributed by atoms with E-state index in [9.17, 15) is 14.4 Å².